The molecule has 9 heteroatoms. The predicted octanol–water partition coefficient (Wildman–Crippen LogP) is 3.59. The van der Waals surface area contributed by atoms with E-state index in [1.807, 2.05) is 12.3 Å². The molecule has 0 spiro atoms. The summed E-state index contributed by atoms with van der Waals surface area (Å²) in [5, 5.41) is 12.7. The van der Waals surface area contributed by atoms with Crippen molar-refractivity contribution in [2.24, 2.45) is 5.92 Å². The predicted molar refractivity (Wildman–Crippen MR) is 135 cm³/mol. The number of nitrogens with zero attached hydrogens (tertiary/aromatic N) is 3. The molecule has 194 valence electrons. The molecular formula is C27H36N4O5. The van der Waals surface area contributed by atoms with E-state index in [1.54, 1.807) is 13.3 Å². The van der Waals surface area contributed by atoms with Gasteiger partial charge in [-0.1, -0.05) is 0 Å². The van der Waals surface area contributed by atoms with Gasteiger partial charge in [0.2, 0.25) is 11.8 Å². The number of anilines is 1. The standard InChI is InChI=1S/C27H36N4O5/c1-34-25-14-23(22(15-29-25)19-2-7-28-8-3-19)31-9-4-18(5-10-31)17-36-26-13-21-20(12-27(32)33)6-11-35-24(21)16-30-26/h13-16,18-20,28H,2-12,17H2,1H3,(H,32,33). The van der Waals surface area contributed by atoms with Crippen LogP contribution in [0.3, 0.4) is 0 Å². The number of carbonyl (C=O) groups is 1. The molecule has 3 aliphatic rings. The first-order valence-corrected chi connectivity index (χ1v) is 13.1. The first-order chi connectivity index (χ1) is 17.6. The minimum atomic E-state index is -0.797. The summed E-state index contributed by atoms with van der Waals surface area (Å²) < 4.78 is 17.2. The van der Waals surface area contributed by atoms with Gasteiger partial charge in [0.1, 0.15) is 5.75 Å². The van der Waals surface area contributed by atoms with Crippen LogP contribution in [0.25, 0.3) is 0 Å². The lowest BCUT2D eigenvalue weighted by Gasteiger charge is -2.36. The van der Waals surface area contributed by atoms with E-state index in [0.29, 0.717) is 49.0 Å². The van der Waals surface area contributed by atoms with E-state index in [-0.39, 0.29) is 12.3 Å². The third kappa shape index (κ3) is 5.67. The third-order valence-corrected chi connectivity index (χ3v) is 7.75. The summed E-state index contributed by atoms with van der Waals surface area (Å²) in [6.45, 7) is 5.15. The van der Waals surface area contributed by atoms with Gasteiger partial charge in [0.15, 0.2) is 0 Å². The van der Waals surface area contributed by atoms with Crippen LogP contribution in [0.4, 0.5) is 5.69 Å². The lowest BCUT2D eigenvalue weighted by molar-refractivity contribution is -0.137. The van der Waals surface area contributed by atoms with Crippen LogP contribution in [0.15, 0.2) is 24.5 Å². The lowest BCUT2D eigenvalue weighted by atomic mass is 9.89. The number of aromatic nitrogens is 2. The summed E-state index contributed by atoms with van der Waals surface area (Å²) in [6.07, 6.45) is 8.81. The van der Waals surface area contributed by atoms with Crippen molar-refractivity contribution in [2.75, 3.05) is 51.4 Å². The lowest BCUT2D eigenvalue weighted by Crippen LogP contribution is -2.37. The molecule has 0 radical (unpaired) electrons. The SMILES string of the molecule is COc1cc(N2CCC(COc3cc4c(cn3)OCCC4CC(=O)O)CC2)c(C2CCNCC2)cn1. The van der Waals surface area contributed by atoms with E-state index in [9.17, 15) is 9.90 Å². The first-order valence-electron chi connectivity index (χ1n) is 13.1. The van der Waals surface area contributed by atoms with E-state index < -0.39 is 5.97 Å². The van der Waals surface area contributed by atoms with Gasteiger partial charge in [-0.2, -0.15) is 0 Å². The van der Waals surface area contributed by atoms with Crippen LogP contribution in [0.5, 0.6) is 17.5 Å². The number of hydrogen-bond acceptors (Lipinski definition) is 8. The molecule has 36 heavy (non-hydrogen) atoms. The number of fused-ring (bicyclic) bond motifs is 1. The highest BCUT2D eigenvalue weighted by Gasteiger charge is 2.27. The Morgan fingerprint density at radius 3 is 2.61 bits per heavy atom. The van der Waals surface area contributed by atoms with Gasteiger partial charge < -0.3 is 29.5 Å². The summed E-state index contributed by atoms with van der Waals surface area (Å²) in [6, 6.07) is 3.96. The number of carboxylic acids is 1. The van der Waals surface area contributed by atoms with E-state index >= 15 is 0 Å². The molecule has 9 nitrogen and oxygen atoms in total. The number of piperidine rings is 2. The van der Waals surface area contributed by atoms with Crippen molar-refractivity contribution < 1.29 is 24.1 Å². The second-order valence-corrected chi connectivity index (χ2v) is 10.0. The number of pyridine rings is 2. The minimum absolute atomic E-state index is 0.0636. The van der Waals surface area contributed by atoms with E-state index in [4.69, 9.17) is 14.2 Å². The molecule has 2 saturated heterocycles. The number of hydrogen-bond donors (Lipinski definition) is 2. The molecule has 5 heterocycles. The van der Waals surface area contributed by atoms with E-state index in [0.717, 1.165) is 57.4 Å². The van der Waals surface area contributed by atoms with Gasteiger partial charge >= 0.3 is 5.97 Å². The van der Waals surface area contributed by atoms with Crippen molar-refractivity contribution in [2.45, 2.75) is 50.4 Å². The summed E-state index contributed by atoms with van der Waals surface area (Å²) in [5.41, 5.74) is 3.48. The Hall–Kier alpha value is -3.07. The van der Waals surface area contributed by atoms with Crippen LogP contribution < -0.4 is 24.4 Å². The summed E-state index contributed by atoms with van der Waals surface area (Å²) in [7, 11) is 1.67. The van der Waals surface area contributed by atoms with Crippen LogP contribution in [-0.2, 0) is 4.79 Å². The van der Waals surface area contributed by atoms with Crippen molar-refractivity contribution in [3.63, 3.8) is 0 Å². The molecule has 1 unspecified atom stereocenters. The van der Waals surface area contributed by atoms with Crippen LogP contribution in [0.1, 0.15) is 61.5 Å². The van der Waals surface area contributed by atoms with Gasteiger partial charge in [0.25, 0.3) is 0 Å². The zero-order valence-electron chi connectivity index (χ0n) is 20.9. The second-order valence-electron chi connectivity index (χ2n) is 10.0. The van der Waals surface area contributed by atoms with Crippen LogP contribution in [-0.4, -0.2) is 67.5 Å². The molecule has 0 aliphatic carbocycles. The Kier molecular flexibility index (Phi) is 7.75. The van der Waals surface area contributed by atoms with E-state index in [2.05, 4.69) is 26.3 Å². The molecule has 2 aromatic rings. The van der Waals surface area contributed by atoms with Crippen LogP contribution in [0.2, 0.25) is 0 Å². The zero-order valence-corrected chi connectivity index (χ0v) is 20.9. The molecule has 2 aromatic heterocycles. The summed E-state index contributed by atoms with van der Waals surface area (Å²) in [4.78, 5) is 22.7. The highest BCUT2D eigenvalue weighted by atomic mass is 16.5. The summed E-state index contributed by atoms with van der Waals surface area (Å²) in [5.74, 6) is 1.99. The minimum Gasteiger partial charge on any atom is -0.492 e. The normalized spacial score (nSPS) is 20.9. The Morgan fingerprint density at radius 1 is 1.08 bits per heavy atom. The van der Waals surface area contributed by atoms with Gasteiger partial charge in [-0.15, -0.1) is 0 Å². The molecule has 0 saturated carbocycles. The fourth-order valence-electron chi connectivity index (χ4n) is 5.66. The summed E-state index contributed by atoms with van der Waals surface area (Å²) >= 11 is 0. The van der Waals surface area contributed by atoms with Gasteiger partial charge in [-0.25, -0.2) is 9.97 Å². The average Bonchev–Trinajstić information content (AvgIpc) is 2.92. The Morgan fingerprint density at radius 2 is 1.86 bits per heavy atom. The van der Waals surface area contributed by atoms with Crippen molar-refractivity contribution in [3.8, 4) is 17.5 Å². The molecule has 5 rings (SSSR count). The molecule has 2 N–H and O–H groups in total. The highest BCUT2D eigenvalue weighted by Crippen LogP contribution is 2.38. The smallest absolute Gasteiger partial charge is 0.303 e. The van der Waals surface area contributed by atoms with Gasteiger partial charge in [0.05, 0.1) is 32.9 Å². The molecule has 1 atom stereocenters. The van der Waals surface area contributed by atoms with Crippen molar-refractivity contribution in [3.05, 3.63) is 35.7 Å². The first kappa shape index (κ1) is 24.6. The molecule has 3 aliphatic heterocycles. The number of nitrogens with one attached hydrogen (secondary N) is 1. The zero-order chi connectivity index (χ0) is 24.9. The molecular weight excluding hydrogens is 460 g/mol. The monoisotopic (exact) mass is 496 g/mol. The third-order valence-electron chi connectivity index (χ3n) is 7.75. The van der Waals surface area contributed by atoms with Gasteiger partial charge in [-0.05, 0) is 62.6 Å². The number of ether oxygens (including phenoxy) is 3. The van der Waals surface area contributed by atoms with Crippen molar-refractivity contribution >= 4 is 11.7 Å². The average molecular weight is 497 g/mol. The molecule has 0 aromatic carbocycles. The number of carboxylic acid groups (broad SMARTS) is 1. The molecule has 2 fully saturated rings. The molecule has 0 bridgehead atoms. The van der Waals surface area contributed by atoms with E-state index in [1.165, 1.54) is 11.3 Å². The van der Waals surface area contributed by atoms with Crippen molar-refractivity contribution in [1.82, 2.24) is 15.3 Å². The van der Waals surface area contributed by atoms with Gasteiger partial charge in [-0.3, -0.25) is 4.79 Å². The Balaban J connectivity index is 1.20. The number of rotatable bonds is 8. The Bertz CT molecular complexity index is 1050. The topological polar surface area (TPSA) is 106 Å². The highest BCUT2D eigenvalue weighted by molar-refractivity contribution is 5.68. The number of methoxy groups -OCH3 is 1. The Labute approximate surface area is 212 Å². The molecule has 0 amide bonds. The second kappa shape index (κ2) is 11.3. The maximum atomic E-state index is 11.3. The fourth-order valence-corrected chi connectivity index (χ4v) is 5.66. The van der Waals surface area contributed by atoms with Crippen molar-refractivity contribution in [1.29, 1.82) is 0 Å². The maximum absolute atomic E-state index is 11.3. The largest absolute Gasteiger partial charge is 0.492 e. The number of aliphatic carboxylic acids is 1. The fraction of sp³-hybridized carbons (Fsp3) is 0.593. The van der Waals surface area contributed by atoms with Crippen LogP contribution in [0, 0.1) is 5.92 Å². The maximum Gasteiger partial charge on any atom is 0.303 e. The van der Waals surface area contributed by atoms with Gasteiger partial charge in [0, 0.05) is 48.6 Å². The van der Waals surface area contributed by atoms with Crippen LogP contribution >= 0.6 is 0 Å². The quantitative estimate of drug-likeness (QED) is 0.567.